The summed E-state index contributed by atoms with van der Waals surface area (Å²) in [7, 11) is 1.49. The van der Waals surface area contributed by atoms with Crippen LogP contribution in [-0.4, -0.2) is 36.0 Å². The van der Waals surface area contributed by atoms with E-state index in [4.69, 9.17) is 9.84 Å². The second kappa shape index (κ2) is 5.98. The summed E-state index contributed by atoms with van der Waals surface area (Å²) in [6.07, 6.45) is 0.610. The lowest BCUT2D eigenvalue weighted by molar-refractivity contribution is -0.152. The molecule has 0 aromatic heterocycles. The van der Waals surface area contributed by atoms with Gasteiger partial charge in [0.1, 0.15) is 0 Å². The lowest BCUT2D eigenvalue weighted by Crippen LogP contribution is -2.35. The van der Waals surface area contributed by atoms with Crippen LogP contribution in [0.15, 0.2) is 0 Å². The van der Waals surface area contributed by atoms with E-state index in [2.05, 4.69) is 0 Å². The van der Waals surface area contributed by atoms with Gasteiger partial charge in [-0.3, -0.25) is 4.79 Å². The van der Waals surface area contributed by atoms with Crippen LogP contribution >= 0.6 is 0 Å². The van der Waals surface area contributed by atoms with Gasteiger partial charge < -0.3 is 14.9 Å². The fourth-order valence-corrected chi connectivity index (χ4v) is 1.63. The molecule has 0 aliphatic rings. The molecule has 0 aromatic carbocycles. The van der Waals surface area contributed by atoms with Gasteiger partial charge >= 0.3 is 5.97 Å². The Hall–Kier alpha value is -0.610. The molecule has 4 nitrogen and oxygen atoms in total. The lowest BCUT2D eigenvalue weighted by Gasteiger charge is -2.28. The van der Waals surface area contributed by atoms with Gasteiger partial charge in [0.15, 0.2) is 0 Å². The molecule has 0 saturated carbocycles. The highest BCUT2D eigenvalue weighted by molar-refractivity contribution is 5.74. The number of hydrogen-bond acceptors (Lipinski definition) is 3. The topological polar surface area (TPSA) is 66.8 Å². The molecule has 0 aliphatic carbocycles. The van der Waals surface area contributed by atoms with Crippen molar-refractivity contribution in [2.24, 2.45) is 5.41 Å². The highest BCUT2D eigenvalue weighted by atomic mass is 16.5. The van der Waals surface area contributed by atoms with E-state index in [0.717, 1.165) is 0 Å². The number of methoxy groups -OCH3 is 1. The predicted octanol–water partition coefficient (Wildman–Crippen LogP) is 1.27. The molecule has 0 saturated heterocycles. The minimum atomic E-state index is -0.836. The molecule has 1 unspecified atom stereocenters. The van der Waals surface area contributed by atoms with Crippen molar-refractivity contribution in [1.82, 2.24) is 0 Å². The van der Waals surface area contributed by atoms with Crippen molar-refractivity contribution in [1.29, 1.82) is 0 Å². The molecule has 0 fully saturated rings. The molecular formula is C10H20O4. The van der Waals surface area contributed by atoms with Crippen LogP contribution < -0.4 is 0 Å². The minimum absolute atomic E-state index is 0.190. The molecule has 0 amide bonds. The van der Waals surface area contributed by atoms with Gasteiger partial charge in [0, 0.05) is 7.11 Å². The minimum Gasteiger partial charge on any atom is -0.481 e. The van der Waals surface area contributed by atoms with E-state index >= 15 is 0 Å². The van der Waals surface area contributed by atoms with Gasteiger partial charge in [0.25, 0.3) is 0 Å². The molecule has 0 aromatic rings. The molecule has 84 valence electrons. The Labute approximate surface area is 84.9 Å². The van der Waals surface area contributed by atoms with Crippen LogP contribution in [0.3, 0.4) is 0 Å². The lowest BCUT2D eigenvalue weighted by atomic mass is 9.77. The quantitative estimate of drug-likeness (QED) is 0.655. The van der Waals surface area contributed by atoms with E-state index < -0.39 is 17.5 Å². The fraction of sp³-hybridized carbons (Fsp3) is 0.900. The standard InChI is InChI=1S/C10H20O4/c1-4-10(5-2,9(12)13)6-8(11)7-14-3/h8,11H,4-7H2,1-3H3,(H,12,13). The fourth-order valence-electron chi connectivity index (χ4n) is 1.63. The van der Waals surface area contributed by atoms with Gasteiger partial charge in [0.2, 0.25) is 0 Å². The average molecular weight is 204 g/mol. The number of hydrogen-bond donors (Lipinski definition) is 2. The van der Waals surface area contributed by atoms with Crippen LogP contribution in [0.2, 0.25) is 0 Å². The molecule has 0 spiro atoms. The number of carbonyl (C=O) groups is 1. The van der Waals surface area contributed by atoms with Crippen molar-refractivity contribution in [3.05, 3.63) is 0 Å². The number of aliphatic hydroxyl groups is 1. The molecule has 0 heterocycles. The summed E-state index contributed by atoms with van der Waals surface area (Å²) in [4.78, 5) is 11.1. The molecule has 2 N–H and O–H groups in total. The van der Waals surface area contributed by atoms with Gasteiger partial charge in [0.05, 0.1) is 18.1 Å². The smallest absolute Gasteiger partial charge is 0.309 e. The van der Waals surface area contributed by atoms with E-state index in [1.54, 1.807) is 0 Å². The van der Waals surface area contributed by atoms with Gasteiger partial charge in [-0.2, -0.15) is 0 Å². The van der Waals surface area contributed by atoms with Crippen molar-refractivity contribution in [2.45, 2.75) is 39.2 Å². The Morgan fingerprint density at radius 1 is 1.43 bits per heavy atom. The number of aliphatic carboxylic acids is 1. The Morgan fingerprint density at radius 2 is 1.93 bits per heavy atom. The molecule has 0 bridgehead atoms. The summed E-state index contributed by atoms with van der Waals surface area (Å²) in [5, 5.41) is 18.6. The van der Waals surface area contributed by atoms with Gasteiger partial charge in [-0.25, -0.2) is 0 Å². The summed E-state index contributed by atoms with van der Waals surface area (Å²) in [6.45, 7) is 3.85. The molecule has 4 heteroatoms. The van der Waals surface area contributed by atoms with Crippen molar-refractivity contribution < 1.29 is 19.7 Å². The van der Waals surface area contributed by atoms with Crippen molar-refractivity contribution in [3.63, 3.8) is 0 Å². The number of aliphatic hydroxyl groups excluding tert-OH is 1. The van der Waals surface area contributed by atoms with Gasteiger partial charge in [-0.05, 0) is 19.3 Å². The zero-order valence-corrected chi connectivity index (χ0v) is 9.12. The van der Waals surface area contributed by atoms with Gasteiger partial charge in [-0.15, -0.1) is 0 Å². The number of carboxylic acids is 1. The van der Waals surface area contributed by atoms with E-state index in [-0.39, 0.29) is 13.0 Å². The predicted molar refractivity (Wildman–Crippen MR) is 53.2 cm³/mol. The molecule has 14 heavy (non-hydrogen) atoms. The van der Waals surface area contributed by atoms with Crippen LogP contribution in [0.25, 0.3) is 0 Å². The van der Waals surface area contributed by atoms with Crippen molar-refractivity contribution >= 4 is 5.97 Å². The molecule has 0 radical (unpaired) electrons. The number of ether oxygens (including phenoxy) is 1. The summed E-state index contributed by atoms with van der Waals surface area (Å²) in [6, 6.07) is 0. The highest BCUT2D eigenvalue weighted by Crippen LogP contribution is 2.32. The first kappa shape index (κ1) is 13.4. The SMILES string of the molecule is CCC(CC)(CC(O)COC)C(=O)O. The molecule has 0 aliphatic heterocycles. The summed E-state index contributed by atoms with van der Waals surface area (Å²) >= 11 is 0. The summed E-state index contributed by atoms with van der Waals surface area (Å²) < 4.78 is 4.78. The first-order valence-electron chi connectivity index (χ1n) is 4.92. The third-order valence-electron chi connectivity index (χ3n) is 2.79. The van der Waals surface area contributed by atoms with Crippen molar-refractivity contribution in [3.8, 4) is 0 Å². The van der Waals surface area contributed by atoms with Crippen LogP contribution in [0.5, 0.6) is 0 Å². The molecule has 0 rings (SSSR count). The van der Waals surface area contributed by atoms with Crippen LogP contribution in [0, 0.1) is 5.41 Å². The normalized spacial score (nSPS) is 14.0. The maximum atomic E-state index is 11.1. The Balaban J connectivity index is 4.42. The van der Waals surface area contributed by atoms with Crippen LogP contribution in [0.4, 0.5) is 0 Å². The van der Waals surface area contributed by atoms with E-state index in [9.17, 15) is 9.90 Å². The molecule has 1 atom stereocenters. The average Bonchev–Trinajstić information content (AvgIpc) is 2.14. The first-order chi connectivity index (χ1) is 6.52. The Bertz CT molecular complexity index is 175. The van der Waals surface area contributed by atoms with E-state index in [0.29, 0.717) is 12.8 Å². The third-order valence-corrected chi connectivity index (χ3v) is 2.79. The largest absolute Gasteiger partial charge is 0.481 e. The van der Waals surface area contributed by atoms with E-state index in [1.165, 1.54) is 7.11 Å². The maximum Gasteiger partial charge on any atom is 0.309 e. The summed E-state index contributed by atoms with van der Waals surface area (Å²) in [5.74, 6) is -0.836. The second-order valence-corrected chi connectivity index (χ2v) is 3.61. The Morgan fingerprint density at radius 3 is 2.21 bits per heavy atom. The van der Waals surface area contributed by atoms with Crippen LogP contribution in [0.1, 0.15) is 33.1 Å². The molecular weight excluding hydrogens is 184 g/mol. The highest BCUT2D eigenvalue weighted by Gasteiger charge is 2.36. The zero-order valence-electron chi connectivity index (χ0n) is 9.12. The Kier molecular flexibility index (Phi) is 5.72. The number of carboxylic acid groups (broad SMARTS) is 1. The van der Waals surface area contributed by atoms with Crippen molar-refractivity contribution in [2.75, 3.05) is 13.7 Å². The third kappa shape index (κ3) is 3.27. The number of rotatable bonds is 7. The second-order valence-electron chi connectivity index (χ2n) is 3.61. The maximum absolute atomic E-state index is 11.1. The monoisotopic (exact) mass is 204 g/mol. The van der Waals surface area contributed by atoms with Crippen LogP contribution in [-0.2, 0) is 9.53 Å². The van der Waals surface area contributed by atoms with E-state index in [1.807, 2.05) is 13.8 Å². The zero-order chi connectivity index (χ0) is 11.2. The summed E-state index contributed by atoms with van der Waals surface area (Å²) in [5.41, 5.74) is -0.808. The van der Waals surface area contributed by atoms with Gasteiger partial charge in [-0.1, -0.05) is 13.8 Å². The first-order valence-corrected chi connectivity index (χ1v) is 4.92.